The molecule has 0 aliphatic carbocycles. The molecule has 0 fully saturated rings. The Hall–Kier alpha value is -2.02. The Labute approximate surface area is 99.9 Å². The second kappa shape index (κ2) is 6.54. The number of Topliss-reactive ketones (excluding diaryl/α,β-unsaturated/α-hetero) is 1. The van der Waals surface area contributed by atoms with Gasteiger partial charge in [-0.15, -0.1) is 5.92 Å². The summed E-state index contributed by atoms with van der Waals surface area (Å²) in [5.41, 5.74) is 0. The summed E-state index contributed by atoms with van der Waals surface area (Å²) in [6, 6.07) is 3.28. The highest BCUT2D eigenvalue weighted by Crippen LogP contribution is 2.05. The van der Waals surface area contributed by atoms with E-state index >= 15 is 0 Å². The van der Waals surface area contributed by atoms with E-state index in [2.05, 4.69) is 16.6 Å². The maximum absolute atomic E-state index is 11.5. The molecule has 4 nitrogen and oxygen atoms in total. The first-order chi connectivity index (χ1) is 8.15. The van der Waals surface area contributed by atoms with Crippen LogP contribution >= 0.6 is 0 Å². The van der Waals surface area contributed by atoms with Crippen molar-refractivity contribution in [2.45, 2.75) is 19.8 Å². The van der Waals surface area contributed by atoms with Gasteiger partial charge in [0.2, 0.25) is 0 Å². The van der Waals surface area contributed by atoms with E-state index in [1.807, 2.05) is 0 Å². The fourth-order valence-electron chi connectivity index (χ4n) is 1.20. The van der Waals surface area contributed by atoms with Crippen molar-refractivity contribution >= 4 is 11.8 Å². The summed E-state index contributed by atoms with van der Waals surface area (Å²) in [5, 5.41) is 0. The Morgan fingerprint density at radius 3 is 2.88 bits per heavy atom. The van der Waals surface area contributed by atoms with E-state index < -0.39 is 5.92 Å². The largest absolute Gasteiger partial charge is 0.468 e. The zero-order valence-corrected chi connectivity index (χ0v) is 9.86. The lowest BCUT2D eigenvalue weighted by molar-refractivity contribution is -0.142. The van der Waals surface area contributed by atoms with Crippen LogP contribution in [0.4, 0.5) is 0 Å². The summed E-state index contributed by atoms with van der Waals surface area (Å²) in [4.78, 5) is 22.5. The number of furan rings is 1. The topological polar surface area (TPSA) is 56.5 Å². The molecule has 0 aliphatic rings. The predicted molar refractivity (Wildman–Crippen MR) is 61.2 cm³/mol. The van der Waals surface area contributed by atoms with Crippen LogP contribution in [0.2, 0.25) is 0 Å². The van der Waals surface area contributed by atoms with Crippen LogP contribution in [0.1, 0.15) is 30.3 Å². The van der Waals surface area contributed by atoms with Crippen molar-refractivity contribution in [1.29, 1.82) is 0 Å². The van der Waals surface area contributed by atoms with Crippen molar-refractivity contribution in [2.24, 2.45) is 5.92 Å². The average molecular weight is 234 g/mol. The third kappa shape index (κ3) is 4.15. The maximum Gasteiger partial charge on any atom is 0.320 e. The van der Waals surface area contributed by atoms with Crippen LogP contribution in [0.15, 0.2) is 22.8 Å². The number of rotatable bonds is 4. The van der Waals surface area contributed by atoms with Crippen molar-refractivity contribution in [1.82, 2.24) is 0 Å². The molecule has 0 N–H and O–H groups in total. The molecular formula is C13H14O4. The van der Waals surface area contributed by atoms with Crippen molar-refractivity contribution < 1.29 is 18.7 Å². The maximum atomic E-state index is 11.5. The van der Waals surface area contributed by atoms with E-state index in [0.717, 1.165) is 0 Å². The van der Waals surface area contributed by atoms with Gasteiger partial charge in [-0.2, -0.15) is 0 Å². The fourth-order valence-corrected chi connectivity index (χ4v) is 1.20. The minimum atomic E-state index is -0.460. The van der Waals surface area contributed by atoms with Crippen LogP contribution in [0.5, 0.6) is 0 Å². The van der Waals surface area contributed by atoms with Gasteiger partial charge in [-0.3, -0.25) is 9.59 Å². The molecule has 0 saturated heterocycles. The Kier molecular flexibility index (Phi) is 5.02. The Balaban J connectivity index is 2.36. The molecule has 1 atom stereocenters. The standard InChI is InChI=1S/C13H14O4/c1-10(13(15)16-2)6-3-4-7-11(14)12-8-5-9-17-12/h5,8-10H,4,7H2,1-2H3. The molecule has 1 unspecified atom stereocenters. The van der Waals surface area contributed by atoms with Crippen molar-refractivity contribution in [3.63, 3.8) is 0 Å². The molecule has 1 heterocycles. The molecular weight excluding hydrogens is 220 g/mol. The van der Waals surface area contributed by atoms with Gasteiger partial charge >= 0.3 is 5.97 Å². The predicted octanol–water partition coefficient (Wildman–Crippen LogP) is 2.05. The van der Waals surface area contributed by atoms with Crippen LogP contribution in [0, 0.1) is 17.8 Å². The lowest BCUT2D eigenvalue weighted by atomic mass is 10.1. The molecule has 0 radical (unpaired) electrons. The van der Waals surface area contributed by atoms with Crippen LogP contribution < -0.4 is 0 Å². The zero-order chi connectivity index (χ0) is 12.7. The molecule has 1 aromatic rings. The number of hydrogen-bond acceptors (Lipinski definition) is 4. The van der Waals surface area contributed by atoms with E-state index in [9.17, 15) is 9.59 Å². The van der Waals surface area contributed by atoms with Gasteiger partial charge in [0.1, 0.15) is 5.92 Å². The lowest BCUT2D eigenvalue weighted by Gasteiger charge is -1.99. The smallest absolute Gasteiger partial charge is 0.320 e. The Morgan fingerprint density at radius 1 is 1.53 bits per heavy atom. The van der Waals surface area contributed by atoms with E-state index in [0.29, 0.717) is 12.2 Å². The van der Waals surface area contributed by atoms with E-state index in [4.69, 9.17) is 4.42 Å². The minimum absolute atomic E-state index is 0.0879. The monoisotopic (exact) mass is 234 g/mol. The molecule has 4 heteroatoms. The summed E-state index contributed by atoms with van der Waals surface area (Å²) in [7, 11) is 1.32. The van der Waals surface area contributed by atoms with Gasteiger partial charge in [0.15, 0.2) is 11.5 Å². The van der Waals surface area contributed by atoms with Gasteiger partial charge < -0.3 is 9.15 Å². The second-order valence-electron chi connectivity index (χ2n) is 3.47. The average Bonchev–Trinajstić information content (AvgIpc) is 2.86. The summed E-state index contributed by atoms with van der Waals surface area (Å²) in [6.45, 7) is 1.66. The van der Waals surface area contributed by atoms with Gasteiger partial charge in [0.25, 0.3) is 0 Å². The first-order valence-corrected chi connectivity index (χ1v) is 5.28. The SMILES string of the molecule is COC(=O)C(C)C#CCCC(=O)c1ccco1. The highest BCUT2D eigenvalue weighted by molar-refractivity contribution is 5.93. The quantitative estimate of drug-likeness (QED) is 0.454. The third-order valence-corrected chi connectivity index (χ3v) is 2.15. The number of esters is 1. The fraction of sp³-hybridized carbons (Fsp3) is 0.385. The number of ether oxygens (including phenoxy) is 1. The highest BCUT2D eigenvalue weighted by Gasteiger charge is 2.09. The number of carbonyl (C=O) groups excluding carboxylic acids is 2. The molecule has 1 aromatic heterocycles. The van der Waals surface area contributed by atoms with Crippen molar-refractivity contribution in [3.8, 4) is 11.8 Å². The summed E-state index contributed by atoms with van der Waals surface area (Å²) >= 11 is 0. The lowest BCUT2D eigenvalue weighted by Crippen LogP contribution is -2.10. The summed E-state index contributed by atoms with van der Waals surface area (Å²) in [5.74, 6) is 4.93. The summed E-state index contributed by atoms with van der Waals surface area (Å²) < 4.78 is 9.48. The molecule has 90 valence electrons. The number of hydrogen-bond donors (Lipinski definition) is 0. The van der Waals surface area contributed by atoms with Gasteiger partial charge in [0, 0.05) is 12.8 Å². The molecule has 0 saturated carbocycles. The van der Waals surface area contributed by atoms with E-state index in [-0.39, 0.29) is 18.2 Å². The third-order valence-electron chi connectivity index (χ3n) is 2.15. The van der Waals surface area contributed by atoms with Crippen LogP contribution in [-0.2, 0) is 9.53 Å². The van der Waals surface area contributed by atoms with E-state index in [1.165, 1.54) is 13.4 Å². The second-order valence-corrected chi connectivity index (χ2v) is 3.47. The van der Waals surface area contributed by atoms with Crippen molar-refractivity contribution in [2.75, 3.05) is 7.11 Å². The molecule has 0 bridgehead atoms. The Bertz CT molecular complexity index is 434. The minimum Gasteiger partial charge on any atom is -0.468 e. The normalized spacial score (nSPS) is 11.2. The molecule has 0 spiro atoms. The first kappa shape index (κ1) is 13.0. The molecule has 0 aliphatic heterocycles. The zero-order valence-electron chi connectivity index (χ0n) is 9.86. The van der Waals surface area contributed by atoms with Gasteiger partial charge in [0.05, 0.1) is 13.4 Å². The molecule has 17 heavy (non-hydrogen) atoms. The van der Waals surface area contributed by atoms with Crippen LogP contribution in [0.25, 0.3) is 0 Å². The summed E-state index contributed by atoms with van der Waals surface area (Å²) in [6.07, 6.45) is 2.15. The van der Waals surface area contributed by atoms with Crippen LogP contribution in [0.3, 0.4) is 0 Å². The molecule has 1 rings (SSSR count). The first-order valence-electron chi connectivity index (χ1n) is 5.28. The number of carbonyl (C=O) groups is 2. The molecule has 0 aromatic carbocycles. The van der Waals surface area contributed by atoms with Crippen LogP contribution in [-0.4, -0.2) is 18.9 Å². The number of methoxy groups -OCH3 is 1. The molecule has 0 amide bonds. The van der Waals surface area contributed by atoms with Gasteiger partial charge in [-0.25, -0.2) is 0 Å². The highest BCUT2D eigenvalue weighted by atomic mass is 16.5. The van der Waals surface area contributed by atoms with Gasteiger partial charge in [-0.05, 0) is 19.1 Å². The van der Waals surface area contributed by atoms with Gasteiger partial charge in [-0.1, -0.05) is 5.92 Å². The van der Waals surface area contributed by atoms with E-state index in [1.54, 1.807) is 19.1 Å². The van der Waals surface area contributed by atoms with Crippen molar-refractivity contribution in [3.05, 3.63) is 24.2 Å². The Morgan fingerprint density at radius 2 is 2.29 bits per heavy atom. The number of ketones is 1.